The van der Waals surface area contributed by atoms with Crippen molar-refractivity contribution in [3.05, 3.63) is 35.6 Å². The lowest BCUT2D eigenvalue weighted by Gasteiger charge is -2.16. The first-order chi connectivity index (χ1) is 8.90. The van der Waals surface area contributed by atoms with E-state index in [1.807, 2.05) is 0 Å². The largest absolute Gasteiger partial charge is 0.387 e. The van der Waals surface area contributed by atoms with E-state index >= 15 is 0 Å². The molecule has 0 radical (unpaired) electrons. The Morgan fingerprint density at radius 2 is 1.89 bits per heavy atom. The maximum absolute atomic E-state index is 12.7. The number of nitrogens with one attached hydrogen (secondary N) is 2. The predicted octanol–water partition coefficient (Wildman–Crippen LogP) is 0.500. The molecule has 3 N–H and O–H groups in total. The third kappa shape index (κ3) is 5.05. The standard InChI is InChI=1S/C13H17FN2O3/c1-8(16-9(2)17)13(19)15-7-12(18)10-3-5-11(14)6-4-10/h3-6,8,12,18H,7H2,1-2H3,(H,15,19)(H,16,17). The van der Waals surface area contributed by atoms with Crippen molar-refractivity contribution in [1.29, 1.82) is 0 Å². The Labute approximate surface area is 110 Å². The highest BCUT2D eigenvalue weighted by molar-refractivity contribution is 5.86. The summed E-state index contributed by atoms with van der Waals surface area (Å²) in [4.78, 5) is 22.3. The molecule has 0 aliphatic carbocycles. The van der Waals surface area contributed by atoms with E-state index < -0.39 is 18.1 Å². The molecule has 0 heterocycles. The van der Waals surface area contributed by atoms with Gasteiger partial charge in [0.1, 0.15) is 11.9 Å². The second kappa shape index (κ2) is 6.84. The Morgan fingerprint density at radius 1 is 1.32 bits per heavy atom. The van der Waals surface area contributed by atoms with Crippen molar-refractivity contribution in [2.24, 2.45) is 0 Å². The van der Waals surface area contributed by atoms with Gasteiger partial charge in [-0.1, -0.05) is 12.1 Å². The minimum atomic E-state index is -0.922. The van der Waals surface area contributed by atoms with Gasteiger partial charge in [-0.15, -0.1) is 0 Å². The Hall–Kier alpha value is -1.95. The highest BCUT2D eigenvalue weighted by Crippen LogP contribution is 2.12. The summed E-state index contributed by atoms with van der Waals surface area (Å²) in [5, 5.41) is 14.7. The number of halogens is 1. The Bertz CT molecular complexity index is 448. The molecule has 0 spiro atoms. The van der Waals surface area contributed by atoms with Gasteiger partial charge in [-0.05, 0) is 24.6 Å². The quantitative estimate of drug-likeness (QED) is 0.727. The monoisotopic (exact) mass is 268 g/mol. The number of hydrogen-bond donors (Lipinski definition) is 3. The van der Waals surface area contributed by atoms with E-state index in [1.165, 1.54) is 31.2 Å². The number of aliphatic hydroxyl groups is 1. The number of hydrogen-bond acceptors (Lipinski definition) is 3. The van der Waals surface area contributed by atoms with Crippen LogP contribution in [0.1, 0.15) is 25.5 Å². The predicted molar refractivity (Wildman–Crippen MR) is 67.6 cm³/mol. The Balaban J connectivity index is 2.45. The zero-order chi connectivity index (χ0) is 14.4. The van der Waals surface area contributed by atoms with Crippen LogP contribution in [-0.4, -0.2) is 29.5 Å². The van der Waals surface area contributed by atoms with Crippen molar-refractivity contribution >= 4 is 11.8 Å². The van der Waals surface area contributed by atoms with Crippen LogP contribution in [0.4, 0.5) is 4.39 Å². The highest BCUT2D eigenvalue weighted by Gasteiger charge is 2.15. The SMILES string of the molecule is CC(=O)NC(C)C(=O)NCC(O)c1ccc(F)cc1. The van der Waals surface area contributed by atoms with Gasteiger partial charge in [0.15, 0.2) is 0 Å². The maximum atomic E-state index is 12.7. The average Bonchev–Trinajstić information content (AvgIpc) is 2.35. The van der Waals surface area contributed by atoms with Gasteiger partial charge in [0.05, 0.1) is 6.10 Å². The first-order valence-corrected chi connectivity index (χ1v) is 5.88. The number of benzene rings is 1. The summed E-state index contributed by atoms with van der Waals surface area (Å²) >= 11 is 0. The summed E-state index contributed by atoms with van der Waals surface area (Å²) in [6.45, 7) is 2.85. The maximum Gasteiger partial charge on any atom is 0.242 e. The van der Waals surface area contributed by atoms with E-state index in [1.54, 1.807) is 6.92 Å². The number of carbonyl (C=O) groups is 2. The van der Waals surface area contributed by atoms with Crippen LogP contribution in [-0.2, 0) is 9.59 Å². The minimum Gasteiger partial charge on any atom is -0.387 e. The van der Waals surface area contributed by atoms with Crippen LogP contribution in [0.3, 0.4) is 0 Å². The second-order valence-electron chi connectivity index (χ2n) is 4.23. The van der Waals surface area contributed by atoms with Crippen LogP contribution in [0.5, 0.6) is 0 Å². The number of aliphatic hydroxyl groups excluding tert-OH is 1. The van der Waals surface area contributed by atoms with E-state index in [9.17, 15) is 19.1 Å². The summed E-state index contributed by atoms with van der Waals surface area (Å²) in [5.74, 6) is -1.09. The third-order valence-corrected chi connectivity index (χ3v) is 2.54. The van der Waals surface area contributed by atoms with E-state index in [0.717, 1.165) is 0 Å². The minimum absolute atomic E-state index is 0.00557. The molecule has 2 unspecified atom stereocenters. The van der Waals surface area contributed by atoms with E-state index in [4.69, 9.17) is 0 Å². The van der Waals surface area contributed by atoms with E-state index in [2.05, 4.69) is 10.6 Å². The smallest absolute Gasteiger partial charge is 0.242 e. The fraction of sp³-hybridized carbons (Fsp3) is 0.385. The molecule has 0 aliphatic heterocycles. The molecule has 2 atom stereocenters. The van der Waals surface area contributed by atoms with Gasteiger partial charge in [0, 0.05) is 13.5 Å². The first-order valence-electron chi connectivity index (χ1n) is 5.88. The summed E-state index contributed by atoms with van der Waals surface area (Å²) in [5.41, 5.74) is 0.508. The van der Waals surface area contributed by atoms with Gasteiger partial charge >= 0.3 is 0 Å². The van der Waals surface area contributed by atoms with Crippen molar-refractivity contribution in [1.82, 2.24) is 10.6 Å². The van der Waals surface area contributed by atoms with Crippen LogP contribution in [0.2, 0.25) is 0 Å². The zero-order valence-corrected chi connectivity index (χ0v) is 10.8. The molecule has 1 aromatic carbocycles. The lowest BCUT2D eigenvalue weighted by Crippen LogP contribution is -2.45. The zero-order valence-electron chi connectivity index (χ0n) is 10.8. The lowest BCUT2D eigenvalue weighted by molar-refractivity contribution is -0.127. The molecule has 104 valence electrons. The molecule has 5 nitrogen and oxygen atoms in total. The van der Waals surface area contributed by atoms with Gasteiger partial charge in [-0.25, -0.2) is 4.39 Å². The van der Waals surface area contributed by atoms with E-state index in [0.29, 0.717) is 5.56 Å². The number of amides is 2. The molecule has 0 aliphatic rings. The molecular formula is C13H17FN2O3. The fourth-order valence-corrected chi connectivity index (χ4v) is 1.52. The molecular weight excluding hydrogens is 251 g/mol. The molecule has 0 bridgehead atoms. The summed E-state index contributed by atoms with van der Waals surface area (Å²) in [7, 11) is 0. The third-order valence-electron chi connectivity index (χ3n) is 2.54. The molecule has 19 heavy (non-hydrogen) atoms. The molecule has 6 heteroatoms. The van der Waals surface area contributed by atoms with Gasteiger partial charge in [-0.2, -0.15) is 0 Å². The second-order valence-corrected chi connectivity index (χ2v) is 4.23. The van der Waals surface area contributed by atoms with Crippen LogP contribution in [0.25, 0.3) is 0 Å². The summed E-state index contributed by atoms with van der Waals surface area (Å²) < 4.78 is 12.7. The number of rotatable bonds is 5. The van der Waals surface area contributed by atoms with Crippen molar-refractivity contribution in [3.8, 4) is 0 Å². The molecule has 0 fully saturated rings. The first kappa shape index (κ1) is 15.1. The van der Waals surface area contributed by atoms with Gasteiger partial charge in [0.2, 0.25) is 11.8 Å². The van der Waals surface area contributed by atoms with Crippen molar-refractivity contribution in [3.63, 3.8) is 0 Å². The number of carbonyl (C=O) groups excluding carboxylic acids is 2. The normalized spacial score (nSPS) is 13.5. The fourth-order valence-electron chi connectivity index (χ4n) is 1.52. The molecule has 1 rings (SSSR count). The highest BCUT2D eigenvalue weighted by atomic mass is 19.1. The average molecular weight is 268 g/mol. The van der Waals surface area contributed by atoms with Gasteiger partial charge in [-0.3, -0.25) is 9.59 Å². The molecule has 0 aromatic heterocycles. The molecule has 2 amide bonds. The van der Waals surface area contributed by atoms with Crippen LogP contribution < -0.4 is 10.6 Å². The molecule has 0 saturated heterocycles. The van der Waals surface area contributed by atoms with Crippen LogP contribution >= 0.6 is 0 Å². The molecule has 0 saturated carbocycles. The summed E-state index contributed by atoms with van der Waals surface area (Å²) in [6.07, 6.45) is -0.922. The van der Waals surface area contributed by atoms with Crippen molar-refractivity contribution in [2.45, 2.75) is 26.0 Å². The Morgan fingerprint density at radius 3 is 2.42 bits per heavy atom. The summed E-state index contributed by atoms with van der Waals surface area (Å²) in [6, 6.07) is 4.70. The topological polar surface area (TPSA) is 78.4 Å². The van der Waals surface area contributed by atoms with Gasteiger partial charge < -0.3 is 15.7 Å². The van der Waals surface area contributed by atoms with Crippen LogP contribution in [0, 0.1) is 5.82 Å². The Kier molecular flexibility index (Phi) is 5.44. The van der Waals surface area contributed by atoms with Crippen molar-refractivity contribution < 1.29 is 19.1 Å². The van der Waals surface area contributed by atoms with Crippen molar-refractivity contribution in [2.75, 3.05) is 6.54 Å². The van der Waals surface area contributed by atoms with E-state index in [-0.39, 0.29) is 18.3 Å². The van der Waals surface area contributed by atoms with Gasteiger partial charge in [0.25, 0.3) is 0 Å². The van der Waals surface area contributed by atoms with Crippen LogP contribution in [0.15, 0.2) is 24.3 Å². The molecule has 1 aromatic rings. The lowest BCUT2D eigenvalue weighted by atomic mass is 10.1.